The summed E-state index contributed by atoms with van der Waals surface area (Å²) in [5.74, 6) is -1.44. The maximum atomic E-state index is 13.0. The van der Waals surface area contributed by atoms with Crippen LogP contribution in [-0.2, 0) is 16.1 Å². The summed E-state index contributed by atoms with van der Waals surface area (Å²) in [5, 5.41) is 5.32. The quantitative estimate of drug-likeness (QED) is 0.579. The van der Waals surface area contributed by atoms with E-state index in [9.17, 15) is 19.2 Å². The number of amides is 2. The number of nitrogens with one attached hydrogen (secondary N) is 3. The molecular formula is C22H20N4O5. The van der Waals surface area contributed by atoms with Gasteiger partial charge >= 0.3 is 5.69 Å². The van der Waals surface area contributed by atoms with Crippen LogP contribution in [0.2, 0.25) is 0 Å². The van der Waals surface area contributed by atoms with Gasteiger partial charge in [-0.3, -0.25) is 23.9 Å². The van der Waals surface area contributed by atoms with E-state index in [1.807, 2.05) is 30.3 Å². The summed E-state index contributed by atoms with van der Waals surface area (Å²) in [6, 6.07) is 15.9. The van der Waals surface area contributed by atoms with Gasteiger partial charge < -0.3 is 15.4 Å². The van der Waals surface area contributed by atoms with Crippen molar-refractivity contribution in [1.82, 2.24) is 9.55 Å². The molecule has 9 heteroatoms. The van der Waals surface area contributed by atoms with E-state index in [0.717, 1.165) is 5.56 Å². The Balaban J connectivity index is 1.74. The molecule has 0 spiro atoms. The number of aromatic nitrogens is 2. The van der Waals surface area contributed by atoms with Crippen molar-refractivity contribution < 1.29 is 14.3 Å². The molecule has 0 bridgehead atoms. The van der Waals surface area contributed by atoms with Crippen LogP contribution in [0.3, 0.4) is 0 Å². The van der Waals surface area contributed by atoms with Gasteiger partial charge in [-0.2, -0.15) is 0 Å². The van der Waals surface area contributed by atoms with Crippen LogP contribution in [-0.4, -0.2) is 28.5 Å². The molecule has 0 radical (unpaired) electrons. The number of fused-ring (bicyclic) bond motifs is 1. The highest BCUT2D eigenvalue weighted by molar-refractivity contribution is 6.04. The smallest absolute Gasteiger partial charge is 0.330 e. The van der Waals surface area contributed by atoms with E-state index in [1.165, 1.54) is 11.7 Å². The summed E-state index contributed by atoms with van der Waals surface area (Å²) in [6.07, 6.45) is -0.213. The van der Waals surface area contributed by atoms with Gasteiger partial charge in [-0.05, 0) is 17.7 Å². The first-order valence-corrected chi connectivity index (χ1v) is 9.62. The van der Waals surface area contributed by atoms with Crippen molar-refractivity contribution in [2.45, 2.75) is 18.9 Å². The summed E-state index contributed by atoms with van der Waals surface area (Å²) in [5.41, 5.74) is -0.0469. The number of aromatic amines is 1. The number of hydrogen-bond acceptors (Lipinski definition) is 5. The molecule has 3 N–H and O–H groups in total. The second-order valence-corrected chi connectivity index (χ2v) is 7.12. The minimum atomic E-state index is -1.05. The molecule has 158 valence electrons. The van der Waals surface area contributed by atoms with Crippen LogP contribution < -0.4 is 26.6 Å². The second-order valence-electron chi connectivity index (χ2n) is 7.12. The van der Waals surface area contributed by atoms with Crippen LogP contribution >= 0.6 is 0 Å². The van der Waals surface area contributed by atoms with E-state index < -0.39 is 29.0 Å². The van der Waals surface area contributed by atoms with Gasteiger partial charge in [-0.15, -0.1) is 0 Å². The molecule has 2 heterocycles. The van der Waals surface area contributed by atoms with E-state index in [0.29, 0.717) is 11.4 Å². The highest BCUT2D eigenvalue weighted by Crippen LogP contribution is 2.30. The van der Waals surface area contributed by atoms with Crippen LogP contribution in [0.1, 0.15) is 23.5 Å². The van der Waals surface area contributed by atoms with Crippen molar-refractivity contribution >= 4 is 23.3 Å². The maximum Gasteiger partial charge on any atom is 0.330 e. The Morgan fingerprint density at radius 2 is 1.90 bits per heavy atom. The molecule has 1 aliphatic heterocycles. The average molecular weight is 420 g/mol. The molecule has 9 nitrogen and oxygen atoms in total. The van der Waals surface area contributed by atoms with Crippen LogP contribution in [0.4, 0.5) is 11.5 Å². The third-order valence-electron chi connectivity index (χ3n) is 5.07. The number of methoxy groups -OCH3 is 1. The lowest BCUT2D eigenvalue weighted by Gasteiger charge is -2.26. The van der Waals surface area contributed by atoms with Gasteiger partial charge in [-0.25, -0.2) is 4.79 Å². The molecular weight excluding hydrogens is 400 g/mol. The molecule has 31 heavy (non-hydrogen) atoms. The third kappa shape index (κ3) is 4.11. The number of carbonyl (C=O) groups excluding carboxylic acids is 2. The number of H-pyrrole nitrogens is 1. The Kier molecular flexibility index (Phi) is 5.40. The van der Waals surface area contributed by atoms with Gasteiger partial charge in [0, 0.05) is 18.2 Å². The molecule has 0 saturated heterocycles. The number of carbonyl (C=O) groups is 2. The number of rotatable bonds is 5. The second kappa shape index (κ2) is 8.31. The highest BCUT2D eigenvalue weighted by atomic mass is 16.5. The summed E-state index contributed by atoms with van der Waals surface area (Å²) in [7, 11) is 1.51. The Morgan fingerprint density at radius 3 is 2.65 bits per heavy atom. The van der Waals surface area contributed by atoms with Crippen LogP contribution in [0.25, 0.3) is 0 Å². The van der Waals surface area contributed by atoms with Crippen molar-refractivity contribution in [3.05, 3.63) is 86.6 Å². The Labute approximate surface area is 176 Å². The lowest BCUT2D eigenvalue weighted by Crippen LogP contribution is -2.42. The van der Waals surface area contributed by atoms with E-state index in [4.69, 9.17) is 4.74 Å². The van der Waals surface area contributed by atoms with E-state index in [1.54, 1.807) is 24.3 Å². The summed E-state index contributed by atoms with van der Waals surface area (Å²) in [6.45, 7) is 0.128. The van der Waals surface area contributed by atoms with E-state index in [2.05, 4.69) is 15.6 Å². The van der Waals surface area contributed by atoms with Crippen molar-refractivity contribution in [3.63, 3.8) is 0 Å². The Bertz CT molecular complexity index is 1260. The fraction of sp³-hybridized carbons (Fsp3) is 0.182. The first-order chi connectivity index (χ1) is 15.0. The molecule has 0 unspecified atom stereocenters. The number of benzene rings is 2. The largest absolute Gasteiger partial charge is 0.497 e. The topological polar surface area (TPSA) is 122 Å². The zero-order chi connectivity index (χ0) is 22.0. The molecule has 0 saturated carbocycles. The first-order valence-electron chi connectivity index (χ1n) is 9.62. The number of nitrogens with zero attached hydrogens (tertiary/aromatic N) is 1. The van der Waals surface area contributed by atoms with Gasteiger partial charge in [-0.1, -0.05) is 36.4 Å². The molecule has 4 rings (SSSR count). The van der Waals surface area contributed by atoms with Crippen LogP contribution in [0, 0.1) is 0 Å². The van der Waals surface area contributed by atoms with Crippen molar-refractivity contribution in [1.29, 1.82) is 0 Å². The Morgan fingerprint density at radius 1 is 1.13 bits per heavy atom. The highest BCUT2D eigenvalue weighted by Gasteiger charge is 2.35. The van der Waals surface area contributed by atoms with Crippen molar-refractivity contribution in [2.24, 2.45) is 0 Å². The fourth-order valence-electron chi connectivity index (χ4n) is 3.59. The average Bonchev–Trinajstić information content (AvgIpc) is 2.76. The SMILES string of the molecule is COc1cccc(NC(=O)[C@H]2CC(=O)Nc3c2c(=O)[nH]c(=O)n3Cc2ccccc2)c1. The maximum absolute atomic E-state index is 13.0. The third-order valence-corrected chi connectivity index (χ3v) is 5.07. The molecule has 1 atom stereocenters. The lowest BCUT2D eigenvalue weighted by molar-refractivity contribution is -0.123. The number of hydrogen-bond donors (Lipinski definition) is 3. The fourth-order valence-corrected chi connectivity index (χ4v) is 3.59. The predicted octanol–water partition coefficient (Wildman–Crippen LogP) is 1.66. The van der Waals surface area contributed by atoms with Gasteiger partial charge in [0.25, 0.3) is 5.56 Å². The van der Waals surface area contributed by atoms with Gasteiger partial charge in [0.15, 0.2) is 0 Å². The zero-order valence-electron chi connectivity index (χ0n) is 16.7. The van der Waals surface area contributed by atoms with E-state index in [-0.39, 0.29) is 24.3 Å². The monoisotopic (exact) mass is 420 g/mol. The van der Waals surface area contributed by atoms with Crippen molar-refractivity contribution in [3.8, 4) is 5.75 Å². The molecule has 1 aromatic heterocycles. The molecule has 0 aliphatic carbocycles. The minimum absolute atomic E-state index is 0.0413. The predicted molar refractivity (Wildman–Crippen MR) is 114 cm³/mol. The minimum Gasteiger partial charge on any atom is -0.497 e. The standard InChI is InChI=1S/C22H20N4O5/c1-31-15-9-5-8-14(10-15)23-20(28)16-11-17(27)24-19-18(16)21(29)25-22(30)26(19)12-13-6-3-2-4-7-13/h2-10,16H,11-12H2,1H3,(H,23,28)(H,24,27)(H,25,29,30)/t16-/m0/s1. The van der Waals surface area contributed by atoms with Gasteiger partial charge in [0.2, 0.25) is 11.8 Å². The van der Waals surface area contributed by atoms with E-state index >= 15 is 0 Å². The van der Waals surface area contributed by atoms with Gasteiger partial charge in [0.05, 0.1) is 25.1 Å². The Hall–Kier alpha value is -4.14. The van der Waals surface area contributed by atoms with Crippen molar-refractivity contribution in [2.75, 3.05) is 17.7 Å². The molecule has 2 aromatic carbocycles. The molecule has 3 aromatic rings. The molecule has 1 aliphatic rings. The summed E-state index contributed by atoms with van der Waals surface area (Å²) >= 11 is 0. The van der Waals surface area contributed by atoms with Crippen LogP contribution in [0.15, 0.2) is 64.2 Å². The van der Waals surface area contributed by atoms with Gasteiger partial charge in [0.1, 0.15) is 11.6 Å². The summed E-state index contributed by atoms with van der Waals surface area (Å²) < 4.78 is 6.41. The normalized spacial score (nSPS) is 15.0. The molecule has 0 fully saturated rings. The lowest BCUT2D eigenvalue weighted by atomic mass is 9.92. The summed E-state index contributed by atoms with van der Waals surface area (Å²) in [4.78, 5) is 52.8. The number of ether oxygens (including phenoxy) is 1. The zero-order valence-corrected chi connectivity index (χ0v) is 16.7. The number of anilines is 2. The first kappa shape index (κ1) is 20.1. The molecule has 2 amide bonds. The van der Waals surface area contributed by atoms with Crippen LogP contribution in [0.5, 0.6) is 5.75 Å².